The van der Waals surface area contributed by atoms with Crippen LogP contribution >= 0.6 is 0 Å². The van der Waals surface area contributed by atoms with Crippen LogP contribution in [-0.2, 0) is 4.79 Å². The van der Waals surface area contributed by atoms with Gasteiger partial charge in [-0.25, -0.2) is 0 Å². The topological polar surface area (TPSA) is 20.3 Å². The zero-order valence-corrected chi connectivity index (χ0v) is 8.05. The van der Waals surface area contributed by atoms with Gasteiger partial charge in [-0.05, 0) is 12.8 Å². The first-order valence-electron chi connectivity index (χ1n) is 4.36. The molecule has 0 bridgehead atoms. The van der Waals surface area contributed by atoms with Crippen molar-refractivity contribution in [1.29, 1.82) is 0 Å². The van der Waals surface area contributed by atoms with Crippen LogP contribution in [0.15, 0.2) is 0 Å². The van der Waals surface area contributed by atoms with Gasteiger partial charge in [0.2, 0.25) is 5.91 Å². The second-order valence-electron chi connectivity index (χ2n) is 2.98. The Labute approximate surface area is 69.6 Å². The van der Waals surface area contributed by atoms with Crippen LogP contribution in [0.4, 0.5) is 0 Å². The summed E-state index contributed by atoms with van der Waals surface area (Å²) in [6.45, 7) is 5.90. The zero-order valence-electron chi connectivity index (χ0n) is 8.05. The summed E-state index contributed by atoms with van der Waals surface area (Å²) in [6.07, 6.45) is 3.33. The molecule has 1 unspecified atom stereocenters. The molecule has 0 spiro atoms. The molecule has 1 amide bonds. The Morgan fingerprint density at radius 2 is 2.00 bits per heavy atom. The van der Waals surface area contributed by atoms with Crippen LogP contribution in [0.3, 0.4) is 0 Å². The maximum atomic E-state index is 10.9. The molecule has 0 saturated carbocycles. The Balaban J connectivity index is 3.91. The number of rotatable bonds is 4. The van der Waals surface area contributed by atoms with Crippen LogP contribution in [0.2, 0.25) is 0 Å². The van der Waals surface area contributed by atoms with E-state index in [4.69, 9.17) is 0 Å². The van der Waals surface area contributed by atoms with Gasteiger partial charge in [0.1, 0.15) is 0 Å². The molecule has 0 heterocycles. The predicted molar refractivity (Wildman–Crippen MR) is 47.4 cm³/mol. The smallest absolute Gasteiger partial charge is 0.219 e. The van der Waals surface area contributed by atoms with Crippen molar-refractivity contribution in [1.82, 2.24) is 4.90 Å². The van der Waals surface area contributed by atoms with E-state index in [1.807, 2.05) is 11.9 Å². The van der Waals surface area contributed by atoms with E-state index in [0.29, 0.717) is 6.04 Å². The Morgan fingerprint density at radius 1 is 1.45 bits per heavy atom. The molecule has 0 aliphatic heterocycles. The minimum atomic E-state index is 0.172. The summed E-state index contributed by atoms with van der Waals surface area (Å²) < 4.78 is 0. The first-order chi connectivity index (χ1) is 5.13. The van der Waals surface area contributed by atoms with Gasteiger partial charge in [0.05, 0.1) is 0 Å². The summed E-state index contributed by atoms with van der Waals surface area (Å²) in [5.74, 6) is 0.172. The minimum Gasteiger partial charge on any atom is -0.343 e. The number of hydrogen-bond donors (Lipinski definition) is 0. The predicted octanol–water partition coefficient (Wildman–Crippen LogP) is 2.04. The largest absolute Gasteiger partial charge is 0.343 e. The highest BCUT2D eigenvalue weighted by Crippen LogP contribution is 2.08. The molecule has 0 fully saturated rings. The molecule has 2 nitrogen and oxygen atoms in total. The van der Waals surface area contributed by atoms with Crippen molar-refractivity contribution in [2.75, 3.05) is 7.05 Å². The summed E-state index contributed by atoms with van der Waals surface area (Å²) in [7, 11) is 1.88. The number of carbonyl (C=O) groups excluding carboxylic acids is 1. The third-order valence-corrected chi connectivity index (χ3v) is 2.14. The van der Waals surface area contributed by atoms with Gasteiger partial charge in [0, 0.05) is 20.0 Å². The van der Waals surface area contributed by atoms with E-state index < -0.39 is 0 Å². The molecular formula is C9H19NO. The summed E-state index contributed by atoms with van der Waals surface area (Å²) in [4.78, 5) is 12.8. The standard InChI is InChI=1S/C9H19NO/c1-5-7-9(6-2)10(4)8(3)11/h9H,5-7H2,1-4H3. The van der Waals surface area contributed by atoms with E-state index in [2.05, 4.69) is 13.8 Å². The highest BCUT2D eigenvalue weighted by molar-refractivity contribution is 5.73. The van der Waals surface area contributed by atoms with Gasteiger partial charge >= 0.3 is 0 Å². The van der Waals surface area contributed by atoms with E-state index in [0.717, 1.165) is 19.3 Å². The van der Waals surface area contributed by atoms with Crippen LogP contribution in [0.25, 0.3) is 0 Å². The van der Waals surface area contributed by atoms with Gasteiger partial charge in [-0.15, -0.1) is 0 Å². The molecule has 0 aliphatic carbocycles. The molecule has 2 heteroatoms. The van der Waals surface area contributed by atoms with Crippen LogP contribution in [0.5, 0.6) is 0 Å². The van der Waals surface area contributed by atoms with Crippen molar-refractivity contribution in [3.05, 3.63) is 0 Å². The van der Waals surface area contributed by atoms with Crippen molar-refractivity contribution in [2.24, 2.45) is 0 Å². The number of carbonyl (C=O) groups is 1. The molecule has 0 N–H and O–H groups in total. The fraction of sp³-hybridized carbons (Fsp3) is 0.889. The van der Waals surface area contributed by atoms with Crippen LogP contribution in [0.1, 0.15) is 40.0 Å². The van der Waals surface area contributed by atoms with E-state index in [1.165, 1.54) is 0 Å². The fourth-order valence-corrected chi connectivity index (χ4v) is 1.26. The first kappa shape index (κ1) is 10.5. The van der Waals surface area contributed by atoms with Crippen molar-refractivity contribution < 1.29 is 4.79 Å². The second-order valence-corrected chi connectivity index (χ2v) is 2.98. The lowest BCUT2D eigenvalue weighted by Gasteiger charge is -2.25. The maximum absolute atomic E-state index is 10.9. The molecule has 11 heavy (non-hydrogen) atoms. The molecular weight excluding hydrogens is 138 g/mol. The summed E-state index contributed by atoms with van der Waals surface area (Å²) >= 11 is 0. The second kappa shape index (κ2) is 5.16. The highest BCUT2D eigenvalue weighted by Gasteiger charge is 2.12. The molecule has 0 rings (SSSR count). The summed E-state index contributed by atoms with van der Waals surface area (Å²) in [5.41, 5.74) is 0. The number of amides is 1. The lowest BCUT2D eigenvalue weighted by Crippen LogP contribution is -2.34. The lowest BCUT2D eigenvalue weighted by molar-refractivity contribution is -0.129. The lowest BCUT2D eigenvalue weighted by atomic mass is 10.1. The van der Waals surface area contributed by atoms with E-state index >= 15 is 0 Å². The van der Waals surface area contributed by atoms with Gasteiger partial charge in [-0.2, -0.15) is 0 Å². The van der Waals surface area contributed by atoms with Crippen LogP contribution in [0, 0.1) is 0 Å². The monoisotopic (exact) mass is 157 g/mol. The first-order valence-corrected chi connectivity index (χ1v) is 4.36. The highest BCUT2D eigenvalue weighted by atomic mass is 16.2. The van der Waals surface area contributed by atoms with Gasteiger partial charge in [0.15, 0.2) is 0 Å². The quantitative estimate of drug-likeness (QED) is 0.611. The Hall–Kier alpha value is -0.530. The summed E-state index contributed by atoms with van der Waals surface area (Å²) in [6, 6.07) is 0.442. The van der Waals surface area contributed by atoms with Crippen molar-refractivity contribution in [3.63, 3.8) is 0 Å². The van der Waals surface area contributed by atoms with Crippen LogP contribution < -0.4 is 0 Å². The molecule has 66 valence electrons. The fourth-order valence-electron chi connectivity index (χ4n) is 1.26. The molecule has 0 radical (unpaired) electrons. The Kier molecular flexibility index (Phi) is 4.92. The van der Waals surface area contributed by atoms with Crippen molar-refractivity contribution >= 4 is 5.91 Å². The van der Waals surface area contributed by atoms with Gasteiger partial charge in [-0.1, -0.05) is 20.3 Å². The van der Waals surface area contributed by atoms with Gasteiger partial charge in [0.25, 0.3) is 0 Å². The van der Waals surface area contributed by atoms with Crippen molar-refractivity contribution in [2.45, 2.75) is 46.1 Å². The van der Waals surface area contributed by atoms with Gasteiger partial charge in [-0.3, -0.25) is 4.79 Å². The SMILES string of the molecule is CCCC(CC)N(C)C(C)=O. The number of hydrogen-bond acceptors (Lipinski definition) is 1. The average Bonchev–Trinajstić information content (AvgIpc) is 1.98. The molecule has 0 aromatic rings. The van der Waals surface area contributed by atoms with Crippen molar-refractivity contribution in [3.8, 4) is 0 Å². The normalized spacial score (nSPS) is 12.7. The summed E-state index contributed by atoms with van der Waals surface area (Å²) in [5, 5.41) is 0. The molecule has 1 atom stereocenters. The molecule has 0 saturated heterocycles. The Bertz CT molecular complexity index is 123. The van der Waals surface area contributed by atoms with Crippen LogP contribution in [-0.4, -0.2) is 23.9 Å². The number of nitrogens with zero attached hydrogens (tertiary/aromatic N) is 1. The molecule has 0 aromatic heterocycles. The Morgan fingerprint density at radius 3 is 2.27 bits per heavy atom. The third kappa shape index (κ3) is 3.40. The minimum absolute atomic E-state index is 0.172. The zero-order chi connectivity index (χ0) is 8.85. The van der Waals surface area contributed by atoms with E-state index in [1.54, 1.807) is 6.92 Å². The molecule has 0 aliphatic rings. The molecule has 0 aromatic carbocycles. The maximum Gasteiger partial charge on any atom is 0.219 e. The van der Waals surface area contributed by atoms with E-state index in [9.17, 15) is 4.79 Å². The third-order valence-electron chi connectivity index (χ3n) is 2.14. The average molecular weight is 157 g/mol. The van der Waals surface area contributed by atoms with Gasteiger partial charge < -0.3 is 4.90 Å². The van der Waals surface area contributed by atoms with E-state index in [-0.39, 0.29) is 5.91 Å².